The molecule has 0 saturated carbocycles. The van der Waals surface area contributed by atoms with Gasteiger partial charge in [-0.15, -0.1) is 0 Å². The van der Waals surface area contributed by atoms with Crippen LogP contribution in [0.5, 0.6) is 0 Å². The van der Waals surface area contributed by atoms with Gasteiger partial charge in [-0.3, -0.25) is 9.98 Å². The number of aromatic nitrogens is 1. The van der Waals surface area contributed by atoms with E-state index in [0.29, 0.717) is 0 Å². The fourth-order valence-electron chi connectivity index (χ4n) is 2.36. The summed E-state index contributed by atoms with van der Waals surface area (Å²) in [6.45, 7) is 16.8. The normalized spacial score (nSPS) is 13.9. The molecule has 1 heterocycles. The van der Waals surface area contributed by atoms with Crippen molar-refractivity contribution in [1.29, 1.82) is 0 Å². The Kier molecular flexibility index (Phi) is 9.15. The van der Waals surface area contributed by atoms with Gasteiger partial charge in [-0.2, -0.15) is 0 Å². The predicted octanol–water partition coefficient (Wildman–Crippen LogP) is 5.62. The van der Waals surface area contributed by atoms with E-state index in [9.17, 15) is 0 Å². The molecule has 0 spiro atoms. The molecule has 0 amide bonds. The van der Waals surface area contributed by atoms with E-state index in [0.717, 1.165) is 22.8 Å². The summed E-state index contributed by atoms with van der Waals surface area (Å²) < 4.78 is 2.18. The topological polar surface area (TPSA) is 29.6 Å². The number of aliphatic imine (C=N–C) groups is 2. The van der Waals surface area contributed by atoms with Gasteiger partial charge < -0.3 is 4.57 Å². The zero-order valence-corrected chi connectivity index (χ0v) is 18.2. The molecular formula is C17H29Cl2FeN3. The molecule has 1 aromatic heterocycles. The maximum absolute atomic E-state index is 4.76. The first-order chi connectivity index (χ1) is 10.3. The Morgan fingerprint density at radius 2 is 1.13 bits per heavy atom. The molecule has 1 rings (SSSR count). The van der Waals surface area contributed by atoms with Gasteiger partial charge in [0.15, 0.2) is 0 Å². The Morgan fingerprint density at radius 1 is 0.870 bits per heavy atom. The van der Waals surface area contributed by atoms with Crippen LogP contribution in [0.25, 0.3) is 0 Å². The van der Waals surface area contributed by atoms with Crippen LogP contribution in [0.2, 0.25) is 0 Å². The van der Waals surface area contributed by atoms with Crippen LogP contribution in [0, 0.1) is 0 Å². The van der Waals surface area contributed by atoms with Crippen LogP contribution < -0.4 is 0 Å². The molecule has 6 heteroatoms. The number of hydrogen-bond donors (Lipinski definition) is 0. The Hall–Kier alpha value is -0.281. The van der Waals surface area contributed by atoms with E-state index < -0.39 is 0 Å². The minimum absolute atomic E-state index is 0.0525. The van der Waals surface area contributed by atoms with Crippen LogP contribution >= 0.6 is 20.2 Å². The van der Waals surface area contributed by atoms with E-state index in [-0.39, 0.29) is 24.2 Å². The summed E-state index contributed by atoms with van der Waals surface area (Å²) >= 11 is 0.194. The van der Waals surface area contributed by atoms with Gasteiger partial charge in [0.25, 0.3) is 0 Å². The Labute approximate surface area is 156 Å². The molecule has 134 valence electrons. The molecule has 3 nitrogen and oxygen atoms in total. The van der Waals surface area contributed by atoms with Gasteiger partial charge in [0.05, 0.1) is 33.9 Å². The maximum atomic E-state index is 4.76. The molecule has 0 N–H and O–H groups in total. The molecule has 0 aromatic carbocycles. The summed E-state index contributed by atoms with van der Waals surface area (Å²) in [7, 11) is 11.6. The summed E-state index contributed by atoms with van der Waals surface area (Å²) in [5.41, 5.74) is 4.33. The van der Waals surface area contributed by atoms with Gasteiger partial charge >= 0.3 is 33.3 Å². The van der Waals surface area contributed by atoms with Crippen molar-refractivity contribution in [3.8, 4) is 0 Å². The molecule has 0 bridgehead atoms. The summed E-state index contributed by atoms with van der Waals surface area (Å²) in [4.78, 5) is 9.49. The second-order valence-electron chi connectivity index (χ2n) is 7.45. The fourth-order valence-corrected chi connectivity index (χ4v) is 2.36. The molecule has 0 aliphatic carbocycles. The summed E-state index contributed by atoms with van der Waals surface area (Å²) in [5.74, 6) is 0. The molecule has 0 unspecified atom stereocenters. The Morgan fingerprint density at radius 3 is 1.35 bits per heavy atom. The second-order valence-corrected chi connectivity index (χ2v) is 9.27. The monoisotopic (exact) mass is 401 g/mol. The number of rotatable bonds is 2. The quantitative estimate of drug-likeness (QED) is 0.454. The van der Waals surface area contributed by atoms with Crippen molar-refractivity contribution >= 4 is 31.6 Å². The van der Waals surface area contributed by atoms with Crippen LogP contribution in [-0.4, -0.2) is 27.1 Å². The zero-order valence-electron chi connectivity index (χ0n) is 15.6. The summed E-state index contributed by atoms with van der Waals surface area (Å²) in [6, 6.07) is 4.25. The van der Waals surface area contributed by atoms with Crippen LogP contribution in [0.4, 0.5) is 0 Å². The summed E-state index contributed by atoms with van der Waals surface area (Å²) in [5, 5.41) is 0. The van der Waals surface area contributed by atoms with Gasteiger partial charge in [-0.1, -0.05) is 0 Å². The van der Waals surface area contributed by atoms with E-state index in [1.807, 2.05) is 0 Å². The standard InChI is InChI=1S/C17H29N3.2ClH.Fe/c1-12(18-16(3,4)5)14-10-11-15(20(14)9)13(2)19-17(6,7)8;;;/h10-11H,1-9H3;2*1H;/q;;;+2/p-2. The Bertz CT molecular complexity index is 514. The SMILES string of the molecule is CC(=NC(C)(C)C)c1ccc(C(C)=NC(C)(C)C)n1C.[Cl][Fe][Cl]. The van der Waals surface area contributed by atoms with Crippen LogP contribution in [-0.2, 0) is 20.2 Å². The summed E-state index contributed by atoms with van der Waals surface area (Å²) in [6.07, 6.45) is 0. The predicted molar refractivity (Wildman–Crippen MR) is 101 cm³/mol. The third kappa shape index (κ3) is 8.95. The molecule has 23 heavy (non-hydrogen) atoms. The molecule has 1 aromatic rings. The third-order valence-corrected chi connectivity index (χ3v) is 2.87. The van der Waals surface area contributed by atoms with Crippen LogP contribution in [0.15, 0.2) is 22.1 Å². The number of halogens is 2. The van der Waals surface area contributed by atoms with Crippen molar-refractivity contribution in [3.63, 3.8) is 0 Å². The first kappa shape index (κ1) is 22.7. The van der Waals surface area contributed by atoms with Gasteiger partial charge in [-0.25, -0.2) is 0 Å². The second kappa shape index (κ2) is 9.27. The van der Waals surface area contributed by atoms with Gasteiger partial charge in [-0.05, 0) is 67.5 Å². The fraction of sp³-hybridized carbons (Fsp3) is 0.647. The molecule has 0 atom stereocenters. The number of nitrogens with zero attached hydrogens (tertiary/aromatic N) is 3. The van der Waals surface area contributed by atoms with E-state index >= 15 is 0 Å². The molecule has 0 aliphatic heterocycles. The third-order valence-electron chi connectivity index (χ3n) is 2.87. The van der Waals surface area contributed by atoms with Gasteiger partial charge in [0, 0.05) is 7.05 Å². The van der Waals surface area contributed by atoms with Crippen molar-refractivity contribution in [2.75, 3.05) is 0 Å². The molecule has 0 fully saturated rings. The van der Waals surface area contributed by atoms with E-state index in [1.165, 1.54) is 0 Å². The van der Waals surface area contributed by atoms with Crippen molar-refractivity contribution < 1.29 is 13.1 Å². The number of hydrogen-bond acceptors (Lipinski definition) is 2. The van der Waals surface area contributed by atoms with E-state index in [4.69, 9.17) is 30.2 Å². The van der Waals surface area contributed by atoms with Crippen molar-refractivity contribution in [3.05, 3.63) is 23.5 Å². The first-order valence-electron chi connectivity index (χ1n) is 7.47. The van der Waals surface area contributed by atoms with Crippen LogP contribution in [0.3, 0.4) is 0 Å². The van der Waals surface area contributed by atoms with E-state index in [1.54, 1.807) is 0 Å². The van der Waals surface area contributed by atoms with Gasteiger partial charge in [0.2, 0.25) is 0 Å². The minimum atomic E-state index is -0.0525. The molecule has 0 radical (unpaired) electrons. The Balaban J connectivity index is 0.00000149. The average Bonchev–Trinajstić information content (AvgIpc) is 2.67. The average molecular weight is 402 g/mol. The van der Waals surface area contributed by atoms with Crippen LogP contribution in [0.1, 0.15) is 66.8 Å². The first-order valence-corrected chi connectivity index (χ1v) is 10.5. The molecule has 0 saturated heterocycles. The van der Waals surface area contributed by atoms with E-state index in [2.05, 4.69) is 79.1 Å². The van der Waals surface area contributed by atoms with Crippen molar-refractivity contribution in [2.24, 2.45) is 17.0 Å². The zero-order chi connectivity index (χ0) is 18.4. The van der Waals surface area contributed by atoms with Gasteiger partial charge in [0.1, 0.15) is 0 Å². The molecule has 0 aliphatic rings. The molecular weight excluding hydrogens is 373 g/mol. The van der Waals surface area contributed by atoms with Crippen molar-refractivity contribution in [2.45, 2.75) is 66.5 Å². The van der Waals surface area contributed by atoms with Crippen molar-refractivity contribution in [1.82, 2.24) is 4.57 Å².